The molecular formula is C13H21NO3. The predicted molar refractivity (Wildman–Crippen MR) is 65.5 cm³/mol. The number of hydrogen-bond acceptors (Lipinski definition) is 3. The van der Waals surface area contributed by atoms with Gasteiger partial charge in [0.1, 0.15) is 0 Å². The number of carbonyl (C=O) groups is 1. The van der Waals surface area contributed by atoms with Crippen molar-refractivity contribution in [1.82, 2.24) is 5.32 Å². The first-order valence-electron chi connectivity index (χ1n) is 5.96. The third-order valence-corrected chi connectivity index (χ3v) is 3.49. The van der Waals surface area contributed by atoms with Crippen LogP contribution in [0.25, 0.3) is 0 Å². The molecule has 0 atom stereocenters. The molecule has 1 aliphatic rings. The van der Waals surface area contributed by atoms with Crippen molar-refractivity contribution in [3.05, 3.63) is 0 Å². The minimum Gasteiger partial charge on any atom is -0.481 e. The van der Waals surface area contributed by atoms with Crippen LogP contribution in [0.1, 0.15) is 39.5 Å². The van der Waals surface area contributed by atoms with Crippen molar-refractivity contribution >= 4 is 5.97 Å². The Labute approximate surface area is 102 Å². The molecular weight excluding hydrogens is 218 g/mol. The third kappa shape index (κ3) is 4.03. The molecule has 17 heavy (non-hydrogen) atoms. The highest BCUT2D eigenvalue weighted by atomic mass is 16.4. The Morgan fingerprint density at radius 3 is 2.47 bits per heavy atom. The molecule has 4 nitrogen and oxygen atoms in total. The molecule has 0 saturated heterocycles. The van der Waals surface area contributed by atoms with E-state index in [0.717, 1.165) is 0 Å². The van der Waals surface area contributed by atoms with Crippen LogP contribution in [0, 0.1) is 18.3 Å². The number of nitrogens with one attached hydrogen (secondary N) is 1. The van der Waals surface area contributed by atoms with Crippen LogP contribution in [-0.2, 0) is 4.79 Å². The number of carboxylic acid groups (broad SMARTS) is 1. The second-order valence-electron chi connectivity index (χ2n) is 5.46. The van der Waals surface area contributed by atoms with Gasteiger partial charge in [-0.25, -0.2) is 0 Å². The zero-order valence-electron chi connectivity index (χ0n) is 10.5. The van der Waals surface area contributed by atoms with Crippen molar-refractivity contribution in [3.63, 3.8) is 0 Å². The highest BCUT2D eigenvalue weighted by Gasteiger charge is 2.36. The van der Waals surface area contributed by atoms with Crippen molar-refractivity contribution in [3.8, 4) is 12.3 Å². The third-order valence-electron chi connectivity index (χ3n) is 3.49. The zero-order valence-corrected chi connectivity index (χ0v) is 10.5. The Morgan fingerprint density at radius 1 is 1.53 bits per heavy atom. The second kappa shape index (κ2) is 5.07. The fraction of sp³-hybridized carbons (Fsp3) is 0.769. The van der Waals surface area contributed by atoms with Gasteiger partial charge in [0.15, 0.2) is 0 Å². The van der Waals surface area contributed by atoms with Gasteiger partial charge in [-0.2, -0.15) is 0 Å². The van der Waals surface area contributed by atoms with Crippen molar-refractivity contribution in [2.45, 2.75) is 50.7 Å². The smallest absolute Gasteiger partial charge is 0.306 e. The van der Waals surface area contributed by atoms with E-state index >= 15 is 0 Å². The van der Waals surface area contributed by atoms with E-state index < -0.39 is 17.1 Å². The summed E-state index contributed by atoms with van der Waals surface area (Å²) in [7, 11) is 0. The Hall–Kier alpha value is -1.05. The van der Waals surface area contributed by atoms with Gasteiger partial charge < -0.3 is 10.2 Å². The maximum atomic E-state index is 10.8. The lowest BCUT2D eigenvalue weighted by molar-refractivity contribution is -0.144. The van der Waals surface area contributed by atoms with Gasteiger partial charge >= 0.3 is 5.97 Å². The van der Waals surface area contributed by atoms with E-state index in [1.165, 1.54) is 0 Å². The van der Waals surface area contributed by atoms with Crippen LogP contribution in [-0.4, -0.2) is 33.9 Å². The first kappa shape index (κ1) is 14.0. The summed E-state index contributed by atoms with van der Waals surface area (Å²) in [4.78, 5) is 10.8. The number of carboxylic acids is 1. The summed E-state index contributed by atoms with van der Waals surface area (Å²) in [5.74, 6) is 1.54. The average Bonchev–Trinajstić information content (AvgIpc) is 2.27. The SMILES string of the molecule is C#CC(C)(C)NCC1(O)CCC(C(=O)O)CC1. The minimum absolute atomic E-state index is 0.309. The van der Waals surface area contributed by atoms with Crippen molar-refractivity contribution in [2.24, 2.45) is 5.92 Å². The summed E-state index contributed by atoms with van der Waals surface area (Å²) >= 11 is 0. The molecule has 0 amide bonds. The fourth-order valence-electron chi connectivity index (χ4n) is 2.02. The maximum Gasteiger partial charge on any atom is 0.306 e. The fourth-order valence-corrected chi connectivity index (χ4v) is 2.02. The van der Waals surface area contributed by atoms with Gasteiger partial charge in [-0.3, -0.25) is 10.1 Å². The number of β-amino-alcohol motifs (C(OH)–C–C–N with tert-alkyl or cyclic N) is 1. The van der Waals surface area contributed by atoms with Gasteiger partial charge in [0.05, 0.1) is 17.1 Å². The summed E-state index contributed by atoms with van der Waals surface area (Å²) in [6, 6.07) is 0. The zero-order chi connectivity index (χ0) is 13.1. The van der Waals surface area contributed by atoms with Crippen LogP contribution in [0.15, 0.2) is 0 Å². The van der Waals surface area contributed by atoms with E-state index in [2.05, 4.69) is 11.2 Å². The maximum absolute atomic E-state index is 10.8. The molecule has 0 radical (unpaired) electrons. The molecule has 1 fully saturated rings. The van der Waals surface area contributed by atoms with Crippen LogP contribution in [0.2, 0.25) is 0 Å². The van der Waals surface area contributed by atoms with E-state index in [0.29, 0.717) is 32.2 Å². The summed E-state index contributed by atoms with van der Waals surface area (Å²) in [6.45, 7) is 4.16. The van der Waals surface area contributed by atoms with Crippen LogP contribution >= 0.6 is 0 Å². The number of terminal acetylenes is 1. The lowest BCUT2D eigenvalue weighted by Gasteiger charge is -2.36. The molecule has 0 heterocycles. The first-order chi connectivity index (χ1) is 7.78. The number of hydrogen-bond donors (Lipinski definition) is 3. The summed E-state index contributed by atoms with van der Waals surface area (Å²) in [5.41, 5.74) is -1.26. The van der Waals surface area contributed by atoms with Crippen LogP contribution < -0.4 is 5.32 Å². The molecule has 1 rings (SSSR count). The second-order valence-corrected chi connectivity index (χ2v) is 5.46. The monoisotopic (exact) mass is 239 g/mol. The number of aliphatic hydroxyl groups is 1. The summed E-state index contributed by atoms with van der Waals surface area (Å²) in [5, 5.41) is 22.3. The molecule has 1 aliphatic carbocycles. The van der Waals surface area contributed by atoms with Gasteiger partial charge in [0.25, 0.3) is 0 Å². The molecule has 0 aromatic rings. The normalized spacial score (nSPS) is 29.6. The summed E-state index contributed by atoms with van der Waals surface area (Å²) < 4.78 is 0. The summed E-state index contributed by atoms with van der Waals surface area (Å²) in [6.07, 6.45) is 7.44. The van der Waals surface area contributed by atoms with Gasteiger partial charge in [-0.15, -0.1) is 6.42 Å². The van der Waals surface area contributed by atoms with E-state index in [-0.39, 0.29) is 5.92 Å². The lowest BCUT2D eigenvalue weighted by Crippen LogP contribution is -2.50. The molecule has 0 aliphatic heterocycles. The largest absolute Gasteiger partial charge is 0.481 e. The van der Waals surface area contributed by atoms with E-state index in [9.17, 15) is 9.90 Å². The standard InChI is InChI=1S/C13H21NO3/c1-4-12(2,3)14-9-13(17)7-5-10(6-8-13)11(15)16/h1,10,14,17H,5-9H2,2-3H3,(H,15,16). The van der Waals surface area contributed by atoms with E-state index in [1.54, 1.807) is 0 Å². The molecule has 1 saturated carbocycles. The molecule has 96 valence electrons. The number of rotatable bonds is 4. The van der Waals surface area contributed by atoms with Gasteiger partial charge in [0, 0.05) is 6.54 Å². The topological polar surface area (TPSA) is 69.6 Å². The highest BCUT2D eigenvalue weighted by molar-refractivity contribution is 5.70. The van der Waals surface area contributed by atoms with Crippen molar-refractivity contribution in [1.29, 1.82) is 0 Å². The molecule has 4 heteroatoms. The number of aliphatic carboxylic acids is 1. The Bertz CT molecular complexity index is 322. The Balaban J connectivity index is 2.46. The van der Waals surface area contributed by atoms with Crippen LogP contribution in [0.3, 0.4) is 0 Å². The van der Waals surface area contributed by atoms with Crippen LogP contribution in [0.5, 0.6) is 0 Å². The predicted octanol–water partition coefficient (Wildman–Crippen LogP) is 0.994. The Kier molecular flexibility index (Phi) is 4.18. The lowest BCUT2D eigenvalue weighted by atomic mass is 9.78. The molecule has 0 aromatic heterocycles. The van der Waals surface area contributed by atoms with E-state index in [4.69, 9.17) is 11.5 Å². The molecule has 0 unspecified atom stereocenters. The molecule has 0 aromatic carbocycles. The van der Waals surface area contributed by atoms with Crippen molar-refractivity contribution in [2.75, 3.05) is 6.54 Å². The highest BCUT2D eigenvalue weighted by Crippen LogP contribution is 2.32. The van der Waals surface area contributed by atoms with Gasteiger partial charge in [0.2, 0.25) is 0 Å². The molecule has 0 bridgehead atoms. The Morgan fingerprint density at radius 2 is 2.06 bits per heavy atom. The average molecular weight is 239 g/mol. The van der Waals surface area contributed by atoms with Gasteiger partial charge in [-0.1, -0.05) is 5.92 Å². The van der Waals surface area contributed by atoms with Crippen LogP contribution in [0.4, 0.5) is 0 Å². The van der Waals surface area contributed by atoms with Gasteiger partial charge in [-0.05, 0) is 39.5 Å². The minimum atomic E-state index is -0.819. The quantitative estimate of drug-likeness (QED) is 0.640. The van der Waals surface area contributed by atoms with Crippen molar-refractivity contribution < 1.29 is 15.0 Å². The molecule has 0 spiro atoms. The van der Waals surface area contributed by atoms with E-state index in [1.807, 2.05) is 13.8 Å². The molecule has 3 N–H and O–H groups in total. The first-order valence-corrected chi connectivity index (χ1v) is 5.96.